The standard InChI is InChI=1S/C16H15FN2O3/c17-12-2-4-14(5-3-12)22-15-6-1-11(8-18-15)9-19-10-13(20)7-16(19)21/h1-6,8,13,20H,7,9-10H2/t13-/m0/s1. The van der Waals surface area contributed by atoms with Gasteiger partial charge in [0.25, 0.3) is 0 Å². The van der Waals surface area contributed by atoms with E-state index in [0.717, 1.165) is 5.56 Å². The summed E-state index contributed by atoms with van der Waals surface area (Å²) in [4.78, 5) is 17.4. The number of carbonyl (C=O) groups is 1. The Labute approximate surface area is 127 Å². The SMILES string of the molecule is O=C1C[C@H](O)CN1Cc1ccc(Oc2ccc(F)cc2)nc1. The first-order valence-electron chi connectivity index (χ1n) is 6.94. The molecule has 22 heavy (non-hydrogen) atoms. The smallest absolute Gasteiger partial charge is 0.225 e. The third kappa shape index (κ3) is 3.40. The van der Waals surface area contributed by atoms with Gasteiger partial charge < -0.3 is 14.7 Å². The molecule has 114 valence electrons. The number of rotatable bonds is 4. The van der Waals surface area contributed by atoms with Crippen LogP contribution >= 0.6 is 0 Å². The molecule has 0 spiro atoms. The molecule has 1 aliphatic rings. The topological polar surface area (TPSA) is 62.7 Å². The summed E-state index contributed by atoms with van der Waals surface area (Å²) in [6.45, 7) is 0.770. The second-order valence-electron chi connectivity index (χ2n) is 5.19. The number of benzene rings is 1. The average molecular weight is 302 g/mol. The summed E-state index contributed by atoms with van der Waals surface area (Å²) in [6, 6.07) is 9.17. The van der Waals surface area contributed by atoms with Crippen LogP contribution in [0.2, 0.25) is 0 Å². The number of aliphatic hydroxyl groups is 1. The Hall–Kier alpha value is -2.47. The molecular formula is C16H15FN2O3. The Morgan fingerprint density at radius 1 is 1.27 bits per heavy atom. The van der Waals surface area contributed by atoms with Gasteiger partial charge in [-0.25, -0.2) is 9.37 Å². The summed E-state index contributed by atoms with van der Waals surface area (Å²) in [6.07, 6.45) is 1.22. The van der Waals surface area contributed by atoms with Crippen LogP contribution < -0.4 is 4.74 Å². The third-order valence-corrected chi connectivity index (χ3v) is 3.40. The third-order valence-electron chi connectivity index (χ3n) is 3.40. The summed E-state index contributed by atoms with van der Waals surface area (Å²) in [7, 11) is 0. The van der Waals surface area contributed by atoms with Crippen molar-refractivity contribution in [1.29, 1.82) is 0 Å². The van der Waals surface area contributed by atoms with Crippen molar-refractivity contribution in [3.05, 3.63) is 54.0 Å². The molecule has 6 heteroatoms. The van der Waals surface area contributed by atoms with Crippen LogP contribution in [-0.2, 0) is 11.3 Å². The maximum Gasteiger partial charge on any atom is 0.225 e. The van der Waals surface area contributed by atoms with E-state index in [-0.39, 0.29) is 18.1 Å². The molecular weight excluding hydrogens is 287 g/mol. The van der Waals surface area contributed by atoms with Crippen LogP contribution in [0.3, 0.4) is 0 Å². The quantitative estimate of drug-likeness (QED) is 0.939. The fourth-order valence-corrected chi connectivity index (χ4v) is 2.31. The highest BCUT2D eigenvalue weighted by molar-refractivity contribution is 5.78. The van der Waals surface area contributed by atoms with Gasteiger partial charge in [0.15, 0.2) is 0 Å². The van der Waals surface area contributed by atoms with Gasteiger partial charge in [-0.2, -0.15) is 0 Å². The second-order valence-corrected chi connectivity index (χ2v) is 5.19. The van der Waals surface area contributed by atoms with Gasteiger partial charge in [0, 0.05) is 25.4 Å². The Morgan fingerprint density at radius 3 is 2.64 bits per heavy atom. The lowest BCUT2D eigenvalue weighted by Crippen LogP contribution is -2.25. The number of aromatic nitrogens is 1. The number of amides is 1. The van der Waals surface area contributed by atoms with E-state index in [9.17, 15) is 14.3 Å². The Kier molecular flexibility index (Phi) is 4.02. The molecule has 2 aromatic rings. The maximum atomic E-state index is 12.8. The van der Waals surface area contributed by atoms with E-state index < -0.39 is 6.10 Å². The number of nitrogens with zero attached hydrogens (tertiary/aromatic N) is 2. The van der Waals surface area contributed by atoms with E-state index in [1.165, 1.54) is 24.3 Å². The molecule has 1 N–H and O–H groups in total. The van der Waals surface area contributed by atoms with E-state index in [0.29, 0.717) is 24.7 Å². The van der Waals surface area contributed by atoms with Gasteiger partial charge in [-0.1, -0.05) is 6.07 Å². The molecule has 3 rings (SSSR count). The van der Waals surface area contributed by atoms with Gasteiger partial charge >= 0.3 is 0 Å². The van der Waals surface area contributed by atoms with E-state index in [1.54, 1.807) is 17.2 Å². The van der Waals surface area contributed by atoms with Crippen molar-refractivity contribution in [2.45, 2.75) is 19.1 Å². The number of carbonyl (C=O) groups excluding carboxylic acids is 1. The van der Waals surface area contributed by atoms with E-state index in [1.807, 2.05) is 6.07 Å². The van der Waals surface area contributed by atoms with Crippen LogP contribution in [0.15, 0.2) is 42.6 Å². The van der Waals surface area contributed by atoms with Crippen LogP contribution in [0.5, 0.6) is 11.6 Å². The number of hydrogen-bond donors (Lipinski definition) is 1. The van der Waals surface area contributed by atoms with Gasteiger partial charge in [-0.05, 0) is 29.8 Å². The fraction of sp³-hybridized carbons (Fsp3) is 0.250. The molecule has 0 radical (unpaired) electrons. The molecule has 1 atom stereocenters. The molecule has 2 heterocycles. The van der Waals surface area contributed by atoms with Crippen molar-refractivity contribution >= 4 is 5.91 Å². The first kappa shape index (κ1) is 14.5. The van der Waals surface area contributed by atoms with Crippen molar-refractivity contribution in [1.82, 2.24) is 9.88 Å². The lowest BCUT2D eigenvalue weighted by Gasteiger charge is -2.15. The summed E-state index contributed by atoms with van der Waals surface area (Å²) in [5.74, 6) is 0.509. The van der Waals surface area contributed by atoms with Crippen molar-refractivity contribution in [3.8, 4) is 11.6 Å². The van der Waals surface area contributed by atoms with E-state index in [2.05, 4.69) is 4.98 Å². The summed E-state index contributed by atoms with van der Waals surface area (Å²) < 4.78 is 18.3. The Balaban J connectivity index is 1.63. The van der Waals surface area contributed by atoms with E-state index >= 15 is 0 Å². The van der Waals surface area contributed by atoms with Crippen LogP contribution in [0.4, 0.5) is 4.39 Å². The molecule has 1 aromatic heterocycles. The minimum atomic E-state index is -0.582. The minimum absolute atomic E-state index is 0.0564. The Morgan fingerprint density at radius 2 is 2.05 bits per heavy atom. The molecule has 0 saturated carbocycles. The van der Waals surface area contributed by atoms with Gasteiger partial charge in [-0.3, -0.25) is 4.79 Å². The van der Waals surface area contributed by atoms with Crippen LogP contribution in [0.25, 0.3) is 0 Å². The predicted molar refractivity (Wildman–Crippen MR) is 76.8 cm³/mol. The number of pyridine rings is 1. The highest BCUT2D eigenvalue weighted by Gasteiger charge is 2.27. The second kappa shape index (κ2) is 6.11. The summed E-state index contributed by atoms with van der Waals surface area (Å²) in [5, 5.41) is 9.45. The van der Waals surface area contributed by atoms with Crippen molar-refractivity contribution in [3.63, 3.8) is 0 Å². The van der Waals surface area contributed by atoms with Crippen molar-refractivity contribution < 1.29 is 19.0 Å². The van der Waals surface area contributed by atoms with Crippen molar-refractivity contribution in [2.75, 3.05) is 6.54 Å². The summed E-state index contributed by atoms with van der Waals surface area (Å²) in [5.41, 5.74) is 0.855. The number of likely N-dealkylation sites (tertiary alicyclic amines) is 1. The monoisotopic (exact) mass is 302 g/mol. The number of hydrogen-bond acceptors (Lipinski definition) is 4. The molecule has 0 unspecified atom stereocenters. The minimum Gasteiger partial charge on any atom is -0.439 e. The van der Waals surface area contributed by atoms with Crippen molar-refractivity contribution in [2.24, 2.45) is 0 Å². The predicted octanol–water partition coefficient (Wildman–Crippen LogP) is 2.11. The lowest BCUT2D eigenvalue weighted by atomic mass is 10.2. The first-order chi connectivity index (χ1) is 10.6. The molecule has 1 fully saturated rings. The molecule has 0 bridgehead atoms. The first-order valence-corrected chi connectivity index (χ1v) is 6.94. The van der Waals surface area contributed by atoms with Gasteiger partial charge in [0.2, 0.25) is 11.8 Å². The molecule has 5 nitrogen and oxygen atoms in total. The van der Waals surface area contributed by atoms with Gasteiger partial charge in [-0.15, -0.1) is 0 Å². The van der Waals surface area contributed by atoms with Gasteiger partial charge in [0.05, 0.1) is 12.5 Å². The number of aliphatic hydroxyl groups excluding tert-OH is 1. The zero-order valence-electron chi connectivity index (χ0n) is 11.8. The number of β-amino-alcohol motifs (C(OH)–C–C–N with tert-alkyl or cyclic N) is 1. The summed E-state index contributed by atoms with van der Waals surface area (Å²) >= 11 is 0. The zero-order chi connectivity index (χ0) is 15.5. The van der Waals surface area contributed by atoms with Crippen LogP contribution in [0, 0.1) is 5.82 Å². The van der Waals surface area contributed by atoms with E-state index in [4.69, 9.17) is 4.74 Å². The maximum absolute atomic E-state index is 12.8. The lowest BCUT2D eigenvalue weighted by molar-refractivity contribution is -0.128. The largest absolute Gasteiger partial charge is 0.439 e. The highest BCUT2D eigenvalue weighted by Crippen LogP contribution is 2.20. The number of halogens is 1. The van der Waals surface area contributed by atoms with Crippen LogP contribution in [0.1, 0.15) is 12.0 Å². The molecule has 1 amide bonds. The average Bonchev–Trinajstić information content (AvgIpc) is 2.81. The highest BCUT2D eigenvalue weighted by atomic mass is 19.1. The van der Waals surface area contributed by atoms with Crippen LogP contribution in [-0.4, -0.2) is 33.5 Å². The molecule has 1 aliphatic heterocycles. The fourth-order valence-electron chi connectivity index (χ4n) is 2.31. The number of ether oxygens (including phenoxy) is 1. The molecule has 0 aliphatic carbocycles. The molecule has 1 saturated heterocycles. The zero-order valence-corrected chi connectivity index (χ0v) is 11.8. The van der Waals surface area contributed by atoms with Gasteiger partial charge in [0.1, 0.15) is 11.6 Å². The normalized spacial score (nSPS) is 17.8. The Bertz CT molecular complexity index is 658. The molecule has 1 aromatic carbocycles.